The smallest absolute Gasteiger partial charge is 0.354 e. The minimum Gasteiger partial charge on any atom is -0.477 e. The summed E-state index contributed by atoms with van der Waals surface area (Å²) in [5, 5.41) is 95.3. The number of rotatable bonds is 19. The summed E-state index contributed by atoms with van der Waals surface area (Å²) in [7, 11) is 1.95. The molecule has 16 aromatic heterocycles. The molecule has 0 aliphatic heterocycles. The molecule has 0 spiro atoms. The molecule has 0 atom stereocenters. The lowest BCUT2D eigenvalue weighted by Gasteiger charge is -2.10. The van der Waals surface area contributed by atoms with E-state index in [1.807, 2.05) is 194 Å². The van der Waals surface area contributed by atoms with Gasteiger partial charge >= 0.3 is 35.8 Å². The number of hydrogen-bond acceptors (Lipinski definition) is 25. The van der Waals surface area contributed by atoms with Crippen LogP contribution in [-0.4, -0.2) is 194 Å². The van der Waals surface area contributed by atoms with Crippen molar-refractivity contribution in [3.05, 3.63) is 333 Å². The zero-order chi connectivity index (χ0) is 101. The minimum absolute atomic E-state index is 0.00181. The Hall–Kier alpha value is -19.6. The van der Waals surface area contributed by atoms with Gasteiger partial charge in [0.05, 0.1) is 84.8 Å². The molecule has 0 bridgehead atoms. The number of carboxylic acid groups (broad SMARTS) is 6. The number of fused-ring (bicyclic) bond motifs is 11. The lowest BCUT2D eigenvalue weighted by molar-refractivity contribution is -0.384. The number of carbonyl (C=O) groups excluding carboxylic acids is 1. The van der Waals surface area contributed by atoms with Crippen molar-refractivity contribution in [3.63, 3.8) is 0 Å². The number of nitro benzene ring substituents is 1. The molecule has 0 unspecified atom stereocenters. The van der Waals surface area contributed by atoms with Crippen LogP contribution in [0.1, 0.15) is 155 Å². The van der Waals surface area contributed by atoms with Gasteiger partial charge in [0.2, 0.25) is 0 Å². The third-order valence-electron chi connectivity index (χ3n) is 23.9. The number of non-ortho nitro benzene ring substituents is 1. The van der Waals surface area contributed by atoms with Crippen molar-refractivity contribution >= 4 is 131 Å². The molecule has 22 aromatic rings. The molecule has 0 amide bonds. The number of H-pyrrole nitrogens is 1. The maximum Gasteiger partial charge on any atom is 0.354 e. The molecule has 1 aliphatic carbocycles. The molecule has 6 aromatic carbocycles. The molecule has 0 saturated heterocycles. The number of benzene rings is 6. The Bertz CT molecular complexity index is 8990. The van der Waals surface area contributed by atoms with Gasteiger partial charge in [0.25, 0.3) is 5.69 Å². The zero-order valence-electron chi connectivity index (χ0n) is 78.1. The van der Waals surface area contributed by atoms with E-state index < -0.39 is 40.7 Å². The first kappa shape index (κ1) is 94.8. The fraction of sp³-hybridized carbons (Fsp3) is 0.144. The van der Waals surface area contributed by atoms with Crippen LogP contribution < -0.4 is 0 Å². The van der Waals surface area contributed by atoms with E-state index in [2.05, 4.69) is 85.4 Å². The predicted molar refractivity (Wildman–Crippen MR) is 532 cm³/mol. The van der Waals surface area contributed by atoms with E-state index in [1.165, 1.54) is 18.2 Å². The molecular weight excluding hydrogens is 1840 g/mol. The first-order valence-electron chi connectivity index (χ1n) is 45.4. The van der Waals surface area contributed by atoms with Crippen molar-refractivity contribution in [2.24, 2.45) is 7.05 Å². The second-order valence-electron chi connectivity index (χ2n) is 33.2. The number of carbonyl (C=O) groups is 7. The van der Waals surface area contributed by atoms with Gasteiger partial charge < -0.3 is 40.2 Å². The summed E-state index contributed by atoms with van der Waals surface area (Å²) in [5.74, 6) is -6.19. The SMILES string of the molecule is CCc1cc(C(=O)O)nc2cc(-c3ccc([N+](=O)[O-])cc3)nn12.CCc1cc(C(=O)O)nc2cc(-c3ccc4c(c3)C=CC(=O)C4)nn12.CCc1cc(C(=O)O)nc2cc(-c3ccc4c(c3)ncn4C)nn12.CCc1cc(C(=O)O)nc2cc(-c3ccc4nc(C)ccc4c3)nn12.CCc1cc(C(=O)O)nc2cc(-c3ccc4nc[nH]c4c3)nn12.CCc1cc(C(=O)O)nc2cc(-c3ccc4ncccc4c3)nn12. The number of nitrogens with zero attached hydrogens (tertiary/aromatic N) is 24. The van der Waals surface area contributed by atoms with Crippen LogP contribution in [0.4, 0.5) is 5.69 Å². The van der Waals surface area contributed by atoms with Crippen molar-refractivity contribution in [1.29, 1.82) is 0 Å². The highest BCUT2D eigenvalue weighted by Gasteiger charge is 2.24. The second kappa shape index (κ2) is 39.9. The fourth-order valence-electron chi connectivity index (χ4n) is 16.5. The van der Waals surface area contributed by atoms with Gasteiger partial charge in [-0.2, -0.15) is 30.6 Å². The zero-order valence-corrected chi connectivity index (χ0v) is 78.1. The van der Waals surface area contributed by atoms with Crippen LogP contribution in [0.5, 0.6) is 0 Å². The molecule has 0 saturated carbocycles. The highest BCUT2D eigenvalue weighted by atomic mass is 16.6. The average molecular weight is 1920 g/mol. The fourth-order valence-corrected chi connectivity index (χ4v) is 16.5. The van der Waals surface area contributed by atoms with Crippen molar-refractivity contribution in [2.45, 2.75) is 93.4 Å². The summed E-state index contributed by atoms with van der Waals surface area (Å²) in [5.41, 5.74) is 26.1. The Morgan fingerprint density at radius 3 is 1.12 bits per heavy atom. The van der Waals surface area contributed by atoms with Gasteiger partial charge in [0.1, 0.15) is 0 Å². The summed E-state index contributed by atoms with van der Waals surface area (Å²) < 4.78 is 12.0. The Morgan fingerprint density at radius 2 is 0.715 bits per heavy atom. The van der Waals surface area contributed by atoms with Crippen molar-refractivity contribution < 1.29 is 69.1 Å². The van der Waals surface area contributed by atoms with Crippen LogP contribution in [0, 0.1) is 17.0 Å². The number of aromatic amines is 1. The maximum atomic E-state index is 11.5. The van der Waals surface area contributed by atoms with Crippen LogP contribution in [0.15, 0.2) is 237 Å². The Balaban J connectivity index is 0.000000114. The highest BCUT2D eigenvalue weighted by molar-refractivity contribution is 5.99. The largest absolute Gasteiger partial charge is 0.477 e. The van der Waals surface area contributed by atoms with E-state index in [0.29, 0.717) is 90.1 Å². The summed E-state index contributed by atoms with van der Waals surface area (Å²) >= 11 is 0. The number of imidazole rings is 2. The van der Waals surface area contributed by atoms with Gasteiger partial charge in [-0.25, -0.2) is 95.7 Å². The molecule has 1 aliphatic rings. The standard InChI is InChI=1S/C19H16N4O2.C19H15N3O3.C18H14N4O2.C17H15N5O2.C16H13N5O2.C15H12N4O4/c1-3-14-9-17(19(24)25)21-18-10-16(22-23(14)18)13-6-7-15-12(8-13)5-4-11(2)20-15;1-2-14-9-17(19(24)25)20-18-10-16(21-22(14)18)13-4-3-12-8-15(23)6-5-11(12)7-13;1-2-13-9-16(18(23)24)20-17-10-15(21-22(13)17)12-5-6-14-11(8-12)4-3-7-19-14;1-3-11-7-14(17(23)24)19-16-8-12(20-22(11)16)10-4-5-15-13(6-10)18-9-21(15)2;1-2-10-6-14(16(22)23)19-15-7-12(20-21(10)15)9-3-4-11-13(5-9)18-8-17-11;1-2-10-7-13(15(20)21)16-14-8-12(17-18(10)14)9-3-5-11(6-4-9)19(22)23/h4-10H,3H2,1-2H3,(H,24,25);3-7,9-10H,2,8H2,1H3,(H,24,25);3-10H,2H2,1H3,(H,23,24);4-9H,3H2,1-2H3,(H,23,24);3-8H,2H2,1H3,(H,17,18)(H,22,23);3-8H,2H2,1H3,(H,20,21). The number of carboxylic acids is 6. The second-order valence-corrected chi connectivity index (χ2v) is 33.2. The third kappa shape index (κ3) is 19.6. The summed E-state index contributed by atoms with van der Waals surface area (Å²) in [4.78, 5) is 134. The number of aromatic carboxylic acids is 6. The number of aryl methyl sites for hydroxylation is 8. The van der Waals surface area contributed by atoms with Crippen LogP contribution in [0.25, 0.3) is 151 Å². The number of hydrogen-bond donors (Lipinski definition) is 7. The molecule has 23 rings (SSSR count). The topological polar surface area (TPSA) is 537 Å². The molecule has 16 heterocycles. The van der Waals surface area contributed by atoms with Gasteiger partial charge in [-0.1, -0.05) is 96.1 Å². The summed E-state index contributed by atoms with van der Waals surface area (Å²) in [6, 6.07) is 63.4. The van der Waals surface area contributed by atoms with E-state index in [1.54, 1.807) is 119 Å². The van der Waals surface area contributed by atoms with E-state index in [4.69, 9.17) is 5.11 Å². The monoisotopic (exact) mass is 1920 g/mol. The Kier molecular flexibility index (Phi) is 26.2. The van der Waals surface area contributed by atoms with Gasteiger partial charge in [0.15, 0.2) is 73.8 Å². The Morgan fingerprint density at radius 1 is 0.361 bits per heavy atom. The van der Waals surface area contributed by atoms with Gasteiger partial charge in [-0.15, -0.1) is 0 Å². The lowest BCUT2D eigenvalue weighted by atomic mass is 9.94. The van der Waals surface area contributed by atoms with E-state index in [9.17, 15) is 69.2 Å². The molecular formula is C104H85N25O15. The van der Waals surface area contributed by atoms with Crippen molar-refractivity contribution in [3.8, 4) is 67.5 Å². The minimum atomic E-state index is -1.10. The van der Waals surface area contributed by atoms with Crippen molar-refractivity contribution in [1.82, 2.24) is 117 Å². The molecule has 716 valence electrons. The molecule has 0 radical (unpaired) electrons. The number of nitro groups is 1. The first-order chi connectivity index (χ1) is 69.4. The molecule has 144 heavy (non-hydrogen) atoms. The lowest BCUT2D eigenvalue weighted by Crippen LogP contribution is -2.07. The quantitative estimate of drug-likeness (QED) is 0.0292. The van der Waals surface area contributed by atoms with E-state index in [0.717, 1.165) is 151 Å². The van der Waals surface area contributed by atoms with Crippen LogP contribution in [0.3, 0.4) is 0 Å². The van der Waals surface area contributed by atoms with E-state index >= 15 is 0 Å². The van der Waals surface area contributed by atoms with Gasteiger partial charge in [0, 0.05) is 152 Å². The molecule has 40 nitrogen and oxygen atoms in total. The van der Waals surface area contributed by atoms with Crippen LogP contribution in [0.2, 0.25) is 0 Å². The first-order valence-corrected chi connectivity index (χ1v) is 45.4. The highest BCUT2D eigenvalue weighted by Crippen LogP contribution is 2.33. The van der Waals surface area contributed by atoms with Gasteiger partial charge in [-0.05, 0) is 178 Å². The number of nitrogens with one attached hydrogen (secondary N) is 1. The molecule has 7 N–H and O–H groups in total. The third-order valence-corrected chi connectivity index (χ3v) is 23.9. The number of aromatic nitrogens is 24. The van der Waals surface area contributed by atoms with Gasteiger partial charge in [-0.3, -0.25) is 24.9 Å². The predicted octanol–water partition coefficient (Wildman–Crippen LogP) is 17.2. The maximum absolute atomic E-state index is 11.5. The Labute approximate surface area is 813 Å². The molecule has 40 heteroatoms. The van der Waals surface area contributed by atoms with Crippen LogP contribution >= 0.6 is 0 Å². The average Bonchev–Trinajstić information content (AvgIpc) is 1.63. The summed E-state index contributed by atoms with van der Waals surface area (Å²) in [6.07, 6.45) is 12.9. The normalized spacial score (nSPS) is 11.6. The van der Waals surface area contributed by atoms with E-state index in [-0.39, 0.29) is 45.6 Å². The molecule has 0 fully saturated rings. The summed E-state index contributed by atoms with van der Waals surface area (Å²) in [6.45, 7) is 13.7. The van der Waals surface area contributed by atoms with Crippen LogP contribution in [-0.2, 0) is 56.8 Å². The number of pyridine rings is 2. The van der Waals surface area contributed by atoms with Crippen molar-refractivity contribution in [2.75, 3.05) is 0 Å². The number of ketones is 1. The number of allylic oxidation sites excluding steroid dienone is 1.